The van der Waals surface area contributed by atoms with Gasteiger partial charge in [0.25, 0.3) is 0 Å². The van der Waals surface area contributed by atoms with Crippen LogP contribution >= 0.6 is 0 Å². The Morgan fingerprint density at radius 2 is 2.08 bits per heavy atom. The van der Waals surface area contributed by atoms with E-state index in [4.69, 9.17) is 5.73 Å². The van der Waals surface area contributed by atoms with E-state index in [0.717, 1.165) is 18.8 Å². The van der Waals surface area contributed by atoms with Crippen LogP contribution < -0.4 is 5.73 Å². The van der Waals surface area contributed by atoms with Crippen LogP contribution in [0, 0.1) is 11.3 Å². The summed E-state index contributed by atoms with van der Waals surface area (Å²) in [5.41, 5.74) is 5.94. The molecule has 0 unspecified atom stereocenters. The van der Waals surface area contributed by atoms with Crippen LogP contribution in [-0.2, 0) is 4.79 Å². The van der Waals surface area contributed by atoms with Gasteiger partial charge >= 0.3 is 0 Å². The summed E-state index contributed by atoms with van der Waals surface area (Å²) in [4.78, 5) is 11.6. The molecule has 0 heterocycles. The fraction of sp³-hybridized carbons (Fsp3) is 0.909. The molecule has 2 nitrogen and oxygen atoms in total. The Balaban J connectivity index is 1.77. The van der Waals surface area contributed by atoms with Crippen molar-refractivity contribution in [3.05, 3.63) is 0 Å². The Bertz CT molecular complexity index is 199. The molecule has 0 aromatic carbocycles. The fourth-order valence-electron chi connectivity index (χ4n) is 2.26. The topological polar surface area (TPSA) is 43.1 Å². The summed E-state index contributed by atoms with van der Waals surface area (Å²) in [5.74, 6) is 1.20. The van der Waals surface area contributed by atoms with Gasteiger partial charge in [0.05, 0.1) is 0 Å². The third-order valence-corrected chi connectivity index (χ3v) is 3.63. The molecule has 0 aromatic heterocycles. The van der Waals surface area contributed by atoms with Gasteiger partial charge in [0.1, 0.15) is 5.78 Å². The number of carbonyl (C=O) groups excluding carboxylic acids is 1. The maximum absolute atomic E-state index is 11.6. The van der Waals surface area contributed by atoms with Crippen LogP contribution in [0.15, 0.2) is 0 Å². The van der Waals surface area contributed by atoms with E-state index in [-0.39, 0.29) is 5.41 Å². The van der Waals surface area contributed by atoms with E-state index in [2.05, 4.69) is 0 Å². The van der Waals surface area contributed by atoms with Gasteiger partial charge in [-0.05, 0) is 43.6 Å². The van der Waals surface area contributed by atoms with Crippen molar-refractivity contribution in [3.63, 3.8) is 0 Å². The molecule has 2 rings (SSSR count). The molecule has 2 fully saturated rings. The first-order valence-electron chi connectivity index (χ1n) is 5.46. The van der Waals surface area contributed by atoms with E-state index in [1.807, 2.05) is 0 Å². The van der Waals surface area contributed by atoms with Gasteiger partial charge in [0.2, 0.25) is 0 Å². The van der Waals surface area contributed by atoms with Crippen molar-refractivity contribution in [2.75, 3.05) is 6.54 Å². The van der Waals surface area contributed by atoms with Gasteiger partial charge in [-0.2, -0.15) is 0 Å². The molecule has 2 aliphatic rings. The van der Waals surface area contributed by atoms with Crippen LogP contribution in [0.1, 0.15) is 44.9 Å². The summed E-state index contributed by atoms with van der Waals surface area (Å²) in [6.07, 6.45) is 7.79. The Hall–Kier alpha value is -0.370. The molecule has 0 radical (unpaired) electrons. The van der Waals surface area contributed by atoms with Gasteiger partial charge in [-0.25, -0.2) is 0 Å². The molecule has 2 N–H and O–H groups in total. The molecule has 0 atom stereocenters. The molecule has 0 aliphatic heterocycles. The van der Waals surface area contributed by atoms with Crippen molar-refractivity contribution in [2.24, 2.45) is 17.1 Å². The Labute approximate surface area is 79.9 Å². The number of nitrogens with two attached hydrogens (primary N) is 1. The molecule has 0 aromatic rings. The number of Topliss-reactive ketones (excluding diaryl/α,β-unsaturated/α-hetero) is 1. The average Bonchev–Trinajstić information content (AvgIpc) is 2.80. The van der Waals surface area contributed by atoms with Gasteiger partial charge in [0.15, 0.2) is 0 Å². The Morgan fingerprint density at radius 1 is 1.38 bits per heavy atom. The average molecular weight is 181 g/mol. The van der Waals surface area contributed by atoms with Crippen molar-refractivity contribution in [1.29, 1.82) is 0 Å². The minimum absolute atomic E-state index is 0.228. The number of hydrogen-bond acceptors (Lipinski definition) is 2. The third-order valence-electron chi connectivity index (χ3n) is 3.63. The van der Waals surface area contributed by atoms with Crippen LogP contribution in [0.25, 0.3) is 0 Å². The van der Waals surface area contributed by atoms with Crippen molar-refractivity contribution < 1.29 is 4.79 Å². The van der Waals surface area contributed by atoms with E-state index in [9.17, 15) is 4.79 Å². The smallest absolute Gasteiger partial charge is 0.133 e. The third kappa shape index (κ3) is 2.11. The van der Waals surface area contributed by atoms with Gasteiger partial charge in [-0.1, -0.05) is 6.42 Å². The molecule has 2 heteroatoms. The number of carbonyl (C=O) groups is 1. The normalized spacial score (nSPS) is 25.3. The highest BCUT2D eigenvalue weighted by Gasteiger charge is 2.38. The molecule has 0 bridgehead atoms. The minimum Gasteiger partial charge on any atom is -0.330 e. The molecule has 2 saturated carbocycles. The lowest BCUT2D eigenvalue weighted by atomic mass is 9.65. The van der Waals surface area contributed by atoms with E-state index in [0.29, 0.717) is 12.3 Å². The standard InChI is InChI=1S/C11H19NO/c12-8-11(4-1-5-11)7-10(13)6-9-2-3-9/h9H,1-8,12H2. The first kappa shape index (κ1) is 9.20. The second-order valence-corrected chi connectivity index (χ2v) is 4.92. The summed E-state index contributed by atoms with van der Waals surface area (Å²) in [5, 5.41) is 0. The zero-order chi connectivity index (χ0) is 9.31. The molecule has 13 heavy (non-hydrogen) atoms. The fourth-order valence-corrected chi connectivity index (χ4v) is 2.26. The Morgan fingerprint density at radius 3 is 2.46 bits per heavy atom. The summed E-state index contributed by atoms with van der Waals surface area (Å²) in [7, 11) is 0. The highest BCUT2D eigenvalue weighted by molar-refractivity contribution is 5.79. The van der Waals surface area contributed by atoms with Crippen LogP contribution in [0.2, 0.25) is 0 Å². The predicted octanol–water partition coefficient (Wildman–Crippen LogP) is 1.87. The van der Waals surface area contributed by atoms with Crippen molar-refractivity contribution in [3.8, 4) is 0 Å². The van der Waals surface area contributed by atoms with Crippen LogP contribution in [0.3, 0.4) is 0 Å². The summed E-state index contributed by atoms with van der Waals surface area (Å²) >= 11 is 0. The lowest BCUT2D eigenvalue weighted by molar-refractivity contribution is -0.122. The molecule has 0 saturated heterocycles. The SMILES string of the molecule is NCC1(CC(=O)CC2CC2)CCC1. The highest BCUT2D eigenvalue weighted by Crippen LogP contribution is 2.44. The van der Waals surface area contributed by atoms with E-state index >= 15 is 0 Å². The highest BCUT2D eigenvalue weighted by atomic mass is 16.1. The molecule has 0 amide bonds. The van der Waals surface area contributed by atoms with Crippen molar-refractivity contribution >= 4 is 5.78 Å². The molecule has 2 aliphatic carbocycles. The summed E-state index contributed by atoms with van der Waals surface area (Å²) in [6, 6.07) is 0. The first-order chi connectivity index (χ1) is 6.24. The van der Waals surface area contributed by atoms with Crippen molar-refractivity contribution in [2.45, 2.75) is 44.9 Å². The quantitative estimate of drug-likeness (QED) is 0.703. The van der Waals surface area contributed by atoms with Gasteiger partial charge in [-0.15, -0.1) is 0 Å². The number of ketones is 1. The van der Waals surface area contributed by atoms with Crippen LogP contribution in [-0.4, -0.2) is 12.3 Å². The number of hydrogen-bond donors (Lipinski definition) is 1. The zero-order valence-electron chi connectivity index (χ0n) is 8.22. The van der Waals surface area contributed by atoms with Crippen molar-refractivity contribution in [1.82, 2.24) is 0 Å². The summed E-state index contributed by atoms with van der Waals surface area (Å²) in [6.45, 7) is 0.712. The zero-order valence-corrected chi connectivity index (χ0v) is 8.22. The second-order valence-electron chi connectivity index (χ2n) is 4.92. The number of rotatable bonds is 5. The molecule has 74 valence electrons. The maximum Gasteiger partial charge on any atom is 0.133 e. The molecule has 0 spiro atoms. The lowest BCUT2D eigenvalue weighted by Gasteiger charge is -2.40. The van der Waals surface area contributed by atoms with E-state index < -0.39 is 0 Å². The van der Waals surface area contributed by atoms with Gasteiger partial charge in [-0.3, -0.25) is 4.79 Å². The monoisotopic (exact) mass is 181 g/mol. The second kappa shape index (κ2) is 3.41. The first-order valence-corrected chi connectivity index (χ1v) is 5.46. The largest absolute Gasteiger partial charge is 0.330 e. The molecular formula is C11H19NO. The van der Waals surface area contributed by atoms with Crippen LogP contribution in [0.5, 0.6) is 0 Å². The lowest BCUT2D eigenvalue weighted by Crippen LogP contribution is -2.39. The molecular weight excluding hydrogens is 162 g/mol. The Kier molecular flexibility index (Phi) is 2.41. The van der Waals surface area contributed by atoms with Gasteiger partial charge < -0.3 is 5.73 Å². The van der Waals surface area contributed by atoms with Gasteiger partial charge in [0, 0.05) is 12.8 Å². The maximum atomic E-state index is 11.6. The predicted molar refractivity (Wildman–Crippen MR) is 52.3 cm³/mol. The summed E-state index contributed by atoms with van der Waals surface area (Å²) < 4.78 is 0. The van der Waals surface area contributed by atoms with Crippen LogP contribution in [0.4, 0.5) is 0 Å². The van der Waals surface area contributed by atoms with E-state index in [1.165, 1.54) is 32.1 Å². The minimum atomic E-state index is 0.228. The van der Waals surface area contributed by atoms with E-state index in [1.54, 1.807) is 0 Å².